The SMILES string of the molecule is COc1ccc2c(c1)CCc1nc(NC(=O)CCCc3ccccc3)c(/C=C/c3ccccc3)nc1-2. The number of fused-ring (bicyclic) bond motifs is 3. The summed E-state index contributed by atoms with van der Waals surface area (Å²) >= 11 is 0. The number of carbonyl (C=O) groups excluding carboxylic acids is 1. The Morgan fingerprint density at radius 3 is 2.50 bits per heavy atom. The van der Waals surface area contributed by atoms with E-state index < -0.39 is 0 Å². The standard InChI is InChI=1S/C31H29N3O2/c1-36-25-17-18-26-24(21-25)16-20-27-30(26)32-28(19-15-23-11-6-3-7-12-23)31(33-27)34-29(35)14-8-13-22-9-4-2-5-10-22/h2-7,9-12,15,17-19,21H,8,13-14,16,20H2,1H3,(H,33,34,35)/b19-15+. The van der Waals surface area contributed by atoms with E-state index in [2.05, 4.69) is 23.5 Å². The van der Waals surface area contributed by atoms with Gasteiger partial charge in [-0.2, -0.15) is 0 Å². The van der Waals surface area contributed by atoms with Crippen molar-refractivity contribution in [3.8, 4) is 17.0 Å². The Morgan fingerprint density at radius 2 is 1.72 bits per heavy atom. The van der Waals surface area contributed by atoms with Crippen LogP contribution < -0.4 is 10.1 Å². The smallest absolute Gasteiger partial charge is 0.225 e. The largest absolute Gasteiger partial charge is 0.497 e. The predicted molar refractivity (Wildman–Crippen MR) is 145 cm³/mol. The first-order valence-corrected chi connectivity index (χ1v) is 12.3. The molecule has 0 unspecified atom stereocenters. The molecule has 5 nitrogen and oxygen atoms in total. The molecule has 1 heterocycles. The molecule has 0 saturated heterocycles. The lowest BCUT2D eigenvalue weighted by Gasteiger charge is -2.21. The second kappa shape index (κ2) is 11.0. The maximum atomic E-state index is 12.8. The Hall–Kier alpha value is -4.25. The molecule has 1 N–H and O–H groups in total. The number of hydrogen-bond donors (Lipinski definition) is 1. The van der Waals surface area contributed by atoms with Gasteiger partial charge in [-0.3, -0.25) is 4.79 Å². The lowest BCUT2D eigenvalue weighted by atomic mass is 9.91. The molecule has 4 aromatic rings. The normalized spacial score (nSPS) is 12.1. The van der Waals surface area contributed by atoms with Gasteiger partial charge in [0.05, 0.1) is 18.5 Å². The monoisotopic (exact) mass is 475 g/mol. The summed E-state index contributed by atoms with van der Waals surface area (Å²) in [6.45, 7) is 0. The van der Waals surface area contributed by atoms with Crippen molar-refractivity contribution in [2.45, 2.75) is 32.1 Å². The van der Waals surface area contributed by atoms with Crippen LogP contribution in [-0.2, 0) is 24.1 Å². The minimum Gasteiger partial charge on any atom is -0.497 e. The third-order valence-electron chi connectivity index (χ3n) is 6.40. The number of rotatable bonds is 8. The second-order valence-electron chi connectivity index (χ2n) is 8.91. The van der Waals surface area contributed by atoms with Crippen molar-refractivity contribution in [1.82, 2.24) is 9.97 Å². The number of aromatic nitrogens is 2. The molecule has 0 radical (unpaired) electrons. The van der Waals surface area contributed by atoms with Crippen molar-refractivity contribution >= 4 is 23.9 Å². The molecule has 180 valence electrons. The number of carbonyl (C=O) groups is 1. The van der Waals surface area contributed by atoms with Gasteiger partial charge in [0.1, 0.15) is 11.4 Å². The number of nitrogens with one attached hydrogen (secondary N) is 1. The first-order chi connectivity index (χ1) is 17.7. The Morgan fingerprint density at radius 1 is 0.944 bits per heavy atom. The fourth-order valence-corrected chi connectivity index (χ4v) is 4.50. The number of aryl methyl sites for hydroxylation is 3. The van der Waals surface area contributed by atoms with E-state index in [9.17, 15) is 4.79 Å². The van der Waals surface area contributed by atoms with Crippen LogP contribution in [0.5, 0.6) is 5.75 Å². The van der Waals surface area contributed by atoms with Crippen molar-refractivity contribution in [3.63, 3.8) is 0 Å². The molecule has 0 saturated carbocycles. The van der Waals surface area contributed by atoms with Crippen LogP contribution >= 0.6 is 0 Å². The number of amides is 1. The van der Waals surface area contributed by atoms with Crippen LogP contribution in [0.3, 0.4) is 0 Å². The van der Waals surface area contributed by atoms with Crippen LogP contribution in [0.1, 0.15) is 40.9 Å². The molecule has 0 bridgehead atoms. The van der Waals surface area contributed by atoms with Gasteiger partial charge in [-0.25, -0.2) is 9.97 Å². The van der Waals surface area contributed by atoms with E-state index >= 15 is 0 Å². The molecule has 36 heavy (non-hydrogen) atoms. The molecule has 0 atom stereocenters. The van der Waals surface area contributed by atoms with E-state index in [0.717, 1.165) is 53.9 Å². The highest BCUT2D eigenvalue weighted by Crippen LogP contribution is 2.35. The third-order valence-corrected chi connectivity index (χ3v) is 6.40. The van der Waals surface area contributed by atoms with Crippen molar-refractivity contribution in [2.75, 3.05) is 12.4 Å². The molecule has 1 aromatic heterocycles. The van der Waals surface area contributed by atoms with Gasteiger partial charge in [-0.15, -0.1) is 0 Å². The van der Waals surface area contributed by atoms with E-state index in [4.69, 9.17) is 14.7 Å². The fraction of sp³-hybridized carbons (Fsp3) is 0.194. The molecule has 5 heteroatoms. The zero-order valence-electron chi connectivity index (χ0n) is 20.4. The lowest BCUT2D eigenvalue weighted by Crippen LogP contribution is -2.17. The van der Waals surface area contributed by atoms with Crippen LogP contribution in [0.2, 0.25) is 0 Å². The molecule has 0 spiro atoms. The predicted octanol–water partition coefficient (Wildman–Crippen LogP) is 6.38. The number of hydrogen-bond acceptors (Lipinski definition) is 4. The maximum absolute atomic E-state index is 12.8. The zero-order chi connectivity index (χ0) is 24.7. The molecule has 0 aliphatic heterocycles. The summed E-state index contributed by atoms with van der Waals surface area (Å²) in [5, 5.41) is 3.04. The van der Waals surface area contributed by atoms with Gasteiger partial charge < -0.3 is 10.1 Å². The van der Waals surface area contributed by atoms with Crippen LogP contribution in [0, 0.1) is 0 Å². The highest BCUT2D eigenvalue weighted by atomic mass is 16.5. The first-order valence-electron chi connectivity index (χ1n) is 12.3. The van der Waals surface area contributed by atoms with Crippen molar-refractivity contribution in [1.29, 1.82) is 0 Å². The zero-order valence-corrected chi connectivity index (χ0v) is 20.4. The van der Waals surface area contributed by atoms with Crippen LogP contribution in [0.15, 0.2) is 78.9 Å². The molecule has 1 aliphatic carbocycles. The van der Waals surface area contributed by atoms with E-state index in [-0.39, 0.29) is 5.91 Å². The summed E-state index contributed by atoms with van der Waals surface area (Å²) < 4.78 is 5.41. The van der Waals surface area contributed by atoms with Gasteiger partial charge in [0, 0.05) is 12.0 Å². The van der Waals surface area contributed by atoms with Gasteiger partial charge in [-0.1, -0.05) is 66.7 Å². The van der Waals surface area contributed by atoms with E-state index in [1.807, 2.05) is 72.8 Å². The highest BCUT2D eigenvalue weighted by molar-refractivity contribution is 5.92. The molecule has 1 amide bonds. The van der Waals surface area contributed by atoms with Crippen LogP contribution in [-0.4, -0.2) is 23.0 Å². The molecular formula is C31H29N3O2. The third kappa shape index (κ3) is 5.52. The number of benzene rings is 3. The number of nitrogens with zero attached hydrogens (tertiary/aromatic N) is 2. The summed E-state index contributed by atoms with van der Waals surface area (Å²) in [5.74, 6) is 1.31. The van der Waals surface area contributed by atoms with Gasteiger partial charge in [0.25, 0.3) is 0 Å². The van der Waals surface area contributed by atoms with Crippen molar-refractivity contribution in [3.05, 3.63) is 107 Å². The summed E-state index contributed by atoms with van der Waals surface area (Å²) in [6.07, 6.45) is 7.63. The molecule has 1 aliphatic rings. The van der Waals surface area contributed by atoms with Gasteiger partial charge in [0.15, 0.2) is 5.82 Å². The number of methoxy groups -OCH3 is 1. The quantitative estimate of drug-likeness (QED) is 0.321. The summed E-state index contributed by atoms with van der Waals surface area (Å²) in [6, 6.07) is 26.4. The van der Waals surface area contributed by atoms with Gasteiger partial charge in [0.2, 0.25) is 5.91 Å². The molecular weight excluding hydrogens is 446 g/mol. The van der Waals surface area contributed by atoms with E-state index in [1.54, 1.807) is 7.11 Å². The maximum Gasteiger partial charge on any atom is 0.225 e. The van der Waals surface area contributed by atoms with Crippen LogP contribution in [0.25, 0.3) is 23.4 Å². The molecule has 3 aromatic carbocycles. The summed E-state index contributed by atoms with van der Waals surface area (Å²) in [4.78, 5) is 22.7. The average molecular weight is 476 g/mol. The van der Waals surface area contributed by atoms with Crippen molar-refractivity contribution in [2.24, 2.45) is 0 Å². The minimum absolute atomic E-state index is 0.0458. The topological polar surface area (TPSA) is 64.1 Å². The van der Waals surface area contributed by atoms with Crippen molar-refractivity contribution < 1.29 is 9.53 Å². The Bertz CT molecular complexity index is 1380. The molecule has 0 fully saturated rings. The average Bonchev–Trinajstić information content (AvgIpc) is 2.92. The van der Waals surface area contributed by atoms with Gasteiger partial charge >= 0.3 is 0 Å². The fourth-order valence-electron chi connectivity index (χ4n) is 4.50. The van der Waals surface area contributed by atoms with Gasteiger partial charge in [-0.05, 0) is 66.6 Å². The number of ether oxygens (including phenoxy) is 1. The highest BCUT2D eigenvalue weighted by Gasteiger charge is 2.22. The Labute approximate surface area is 211 Å². The van der Waals surface area contributed by atoms with E-state index in [0.29, 0.717) is 17.9 Å². The Kier molecular flexibility index (Phi) is 7.17. The summed E-state index contributed by atoms with van der Waals surface area (Å²) in [7, 11) is 1.68. The second-order valence-corrected chi connectivity index (χ2v) is 8.91. The van der Waals surface area contributed by atoms with Crippen LogP contribution in [0.4, 0.5) is 5.82 Å². The summed E-state index contributed by atoms with van der Waals surface area (Å²) in [5.41, 5.74) is 6.99. The first kappa shape index (κ1) is 23.5. The molecule has 5 rings (SSSR count). The minimum atomic E-state index is -0.0458. The Balaban J connectivity index is 1.41. The number of anilines is 1. The lowest BCUT2D eigenvalue weighted by molar-refractivity contribution is -0.116. The van der Waals surface area contributed by atoms with E-state index in [1.165, 1.54) is 11.1 Å².